The molecule has 7 heteroatoms. The molecule has 0 radical (unpaired) electrons. The van der Waals surface area contributed by atoms with Crippen molar-refractivity contribution in [1.29, 1.82) is 0 Å². The van der Waals surface area contributed by atoms with Gasteiger partial charge in [-0.2, -0.15) is 0 Å². The van der Waals surface area contributed by atoms with Crippen LogP contribution < -0.4 is 9.47 Å². The molecular formula is C31H32Cl2O5. The van der Waals surface area contributed by atoms with Crippen LogP contribution in [0.25, 0.3) is 0 Å². The van der Waals surface area contributed by atoms with E-state index in [1.165, 1.54) is 0 Å². The topological polar surface area (TPSA) is 61.8 Å². The van der Waals surface area contributed by atoms with Gasteiger partial charge in [0.25, 0.3) is 0 Å². The van der Waals surface area contributed by atoms with E-state index in [-0.39, 0.29) is 29.0 Å². The third-order valence-corrected chi connectivity index (χ3v) is 8.09. The highest BCUT2D eigenvalue weighted by molar-refractivity contribution is 6.35. The first-order chi connectivity index (χ1) is 17.9. The third kappa shape index (κ3) is 5.11. The molecule has 200 valence electrons. The first-order valence-electron chi connectivity index (χ1n) is 12.8. The number of carbonyl (C=O) groups is 2. The molecule has 2 aliphatic carbocycles. The van der Waals surface area contributed by atoms with Gasteiger partial charge < -0.3 is 14.2 Å². The van der Waals surface area contributed by atoms with Crippen LogP contribution in [0.3, 0.4) is 0 Å². The maximum absolute atomic E-state index is 13.5. The maximum atomic E-state index is 13.5. The number of allylic oxidation sites excluding steroid dienone is 4. The number of ketones is 2. The van der Waals surface area contributed by atoms with E-state index in [0.29, 0.717) is 69.9 Å². The van der Waals surface area contributed by atoms with Crippen LogP contribution in [0.5, 0.6) is 11.5 Å². The Hall–Kier alpha value is -2.76. The number of Topliss-reactive ketones (excluding diaryl/α,β-unsaturated/α-hetero) is 2. The molecule has 0 fully saturated rings. The van der Waals surface area contributed by atoms with Crippen molar-refractivity contribution < 1.29 is 23.8 Å². The van der Waals surface area contributed by atoms with Crippen molar-refractivity contribution in [3.63, 3.8) is 0 Å². The van der Waals surface area contributed by atoms with Gasteiger partial charge in [0.2, 0.25) is 0 Å². The Kier molecular flexibility index (Phi) is 6.90. The van der Waals surface area contributed by atoms with Crippen LogP contribution in [0, 0.1) is 10.8 Å². The van der Waals surface area contributed by atoms with Crippen LogP contribution in [0.1, 0.15) is 70.4 Å². The minimum atomic E-state index is -0.491. The summed E-state index contributed by atoms with van der Waals surface area (Å²) in [7, 11) is 1.57. The van der Waals surface area contributed by atoms with Gasteiger partial charge in [-0.15, -0.1) is 0 Å². The molecule has 38 heavy (non-hydrogen) atoms. The highest BCUT2D eigenvalue weighted by Gasteiger charge is 2.47. The van der Waals surface area contributed by atoms with Gasteiger partial charge >= 0.3 is 0 Å². The Morgan fingerprint density at radius 1 is 0.842 bits per heavy atom. The van der Waals surface area contributed by atoms with E-state index in [4.69, 9.17) is 37.4 Å². The van der Waals surface area contributed by atoms with E-state index in [0.717, 1.165) is 11.1 Å². The monoisotopic (exact) mass is 554 g/mol. The van der Waals surface area contributed by atoms with E-state index in [2.05, 4.69) is 27.7 Å². The Balaban J connectivity index is 1.55. The van der Waals surface area contributed by atoms with Crippen molar-refractivity contribution >= 4 is 34.8 Å². The molecule has 0 unspecified atom stereocenters. The zero-order valence-corrected chi connectivity index (χ0v) is 23.9. The van der Waals surface area contributed by atoms with Crippen LogP contribution in [0.15, 0.2) is 59.1 Å². The second-order valence-electron chi connectivity index (χ2n) is 12.0. The minimum absolute atomic E-state index is 0.0297. The smallest absolute Gasteiger partial charge is 0.163 e. The summed E-state index contributed by atoms with van der Waals surface area (Å²) in [6, 6.07) is 10.9. The van der Waals surface area contributed by atoms with Gasteiger partial charge in [0, 0.05) is 58.4 Å². The Morgan fingerprint density at radius 3 is 2.00 bits per heavy atom. The second kappa shape index (κ2) is 9.77. The molecule has 1 aliphatic heterocycles. The first-order valence-corrected chi connectivity index (χ1v) is 13.6. The molecule has 0 saturated carbocycles. The number of ether oxygens (including phenoxy) is 3. The average molecular weight is 555 g/mol. The van der Waals surface area contributed by atoms with Gasteiger partial charge in [-0.25, -0.2) is 0 Å². The molecule has 0 aromatic heterocycles. The van der Waals surface area contributed by atoms with Crippen molar-refractivity contribution in [2.45, 2.75) is 65.9 Å². The SMILES string of the molecule is COc1cc(C2C3=C(CC(C)(C)CC3=O)OC3=C2C(=O)CC(C)(C)C3)ccc1OCc1ccc(Cl)cc1Cl. The lowest BCUT2D eigenvalue weighted by Gasteiger charge is -2.42. The van der Waals surface area contributed by atoms with Gasteiger partial charge in [-0.3, -0.25) is 9.59 Å². The van der Waals surface area contributed by atoms with E-state index >= 15 is 0 Å². The number of hydrogen-bond donors (Lipinski definition) is 0. The lowest BCUT2D eigenvalue weighted by atomic mass is 9.65. The summed E-state index contributed by atoms with van der Waals surface area (Å²) in [5.41, 5.74) is 2.39. The number of halogens is 2. The molecule has 0 amide bonds. The van der Waals surface area contributed by atoms with E-state index in [9.17, 15) is 9.59 Å². The Bertz CT molecular complexity index is 1350. The molecule has 0 atom stereocenters. The molecule has 2 aromatic carbocycles. The zero-order valence-electron chi connectivity index (χ0n) is 22.4. The molecule has 0 bridgehead atoms. The predicted molar refractivity (Wildman–Crippen MR) is 148 cm³/mol. The highest BCUT2D eigenvalue weighted by Crippen LogP contribution is 2.53. The summed E-state index contributed by atoms with van der Waals surface area (Å²) >= 11 is 12.3. The highest BCUT2D eigenvalue weighted by atomic mass is 35.5. The van der Waals surface area contributed by atoms with E-state index in [1.54, 1.807) is 19.2 Å². The lowest BCUT2D eigenvalue weighted by molar-refractivity contribution is -0.120. The normalized spacial score (nSPS) is 20.6. The minimum Gasteiger partial charge on any atom is -0.493 e. The molecule has 2 aromatic rings. The van der Waals surface area contributed by atoms with Crippen LogP contribution in [-0.2, 0) is 20.9 Å². The van der Waals surface area contributed by atoms with E-state index in [1.807, 2.05) is 24.3 Å². The van der Waals surface area contributed by atoms with Gasteiger partial charge in [-0.05, 0) is 40.7 Å². The van der Waals surface area contributed by atoms with Crippen molar-refractivity contribution in [1.82, 2.24) is 0 Å². The Labute approximate surface area is 233 Å². The largest absolute Gasteiger partial charge is 0.493 e. The van der Waals surface area contributed by atoms with Gasteiger partial charge in [-0.1, -0.05) is 63.0 Å². The molecule has 1 heterocycles. The fraction of sp³-hybridized carbons (Fsp3) is 0.419. The number of methoxy groups -OCH3 is 1. The standard InChI is InChI=1S/C31H32Cl2O5/c1-30(2)12-21(34)28-25(14-30)38-26-15-31(3,4)13-22(35)29(26)27(28)17-7-9-23(24(10-17)36-5)37-16-18-6-8-19(32)11-20(18)33/h6-11,27H,12-16H2,1-5H3. The summed E-state index contributed by atoms with van der Waals surface area (Å²) in [5.74, 6) is 1.99. The first kappa shape index (κ1) is 26.8. The summed E-state index contributed by atoms with van der Waals surface area (Å²) in [4.78, 5) is 27.0. The average Bonchev–Trinajstić information content (AvgIpc) is 2.80. The predicted octanol–water partition coefficient (Wildman–Crippen LogP) is 7.98. The van der Waals surface area contributed by atoms with Crippen molar-refractivity contribution in [3.8, 4) is 11.5 Å². The Morgan fingerprint density at radius 2 is 1.45 bits per heavy atom. The molecule has 0 spiro atoms. The van der Waals surface area contributed by atoms with Crippen molar-refractivity contribution in [2.75, 3.05) is 7.11 Å². The van der Waals surface area contributed by atoms with Crippen LogP contribution in [0.4, 0.5) is 0 Å². The zero-order chi connectivity index (χ0) is 27.4. The molecule has 0 saturated heterocycles. The molecule has 0 N–H and O–H groups in total. The van der Waals surface area contributed by atoms with Gasteiger partial charge in [0.05, 0.1) is 7.11 Å². The lowest BCUT2D eigenvalue weighted by Crippen LogP contribution is -2.37. The fourth-order valence-electron chi connectivity index (χ4n) is 5.79. The summed E-state index contributed by atoms with van der Waals surface area (Å²) in [5, 5.41) is 1.08. The van der Waals surface area contributed by atoms with Gasteiger partial charge in [0.1, 0.15) is 18.1 Å². The second-order valence-corrected chi connectivity index (χ2v) is 12.9. The molecular weight excluding hydrogens is 523 g/mol. The van der Waals surface area contributed by atoms with E-state index < -0.39 is 5.92 Å². The third-order valence-electron chi connectivity index (χ3n) is 7.50. The van der Waals surface area contributed by atoms with Crippen molar-refractivity contribution in [2.24, 2.45) is 10.8 Å². The summed E-state index contributed by atoms with van der Waals surface area (Å²) in [6.07, 6.45) is 2.12. The number of benzene rings is 2. The van der Waals surface area contributed by atoms with Crippen LogP contribution in [-0.4, -0.2) is 18.7 Å². The summed E-state index contributed by atoms with van der Waals surface area (Å²) < 4.78 is 18.1. The number of hydrogen-bond acceptors (Lipinski definition) is 5. The fourth-order valence-corrected chi connectivity index (χ4v) is 6.25. The molecule has 5 rings (SSSR count). The number of rotatable bonds is 5. The quantitative estimate of drug-likeness (QED) is 0.374. The van der Waals surface area contributed by atoms with Crippen LogP contribution in [0.2, 0.25) is 10.0 Å². The van der Waals surface area contributed by atoms with Gasteiger partial charge in [0.15, 0.2) is 23.1 Å². The molecule has 3 aliphatic rings. The van der Waals surface area contributed by atoms with Crippen LogP contribution >= 0.6 is 23.2 Å². The van der Waals surface area contributed by atoms with Crippen molar-refractivity contribution in [3.05, 3.63) is 80.2 Å². The number of carbonyl (C=O) groups excluding carboxylic acids is 2. The maximum Gasteiger partial charge on any atom is 0.163 e. The summed E-state index contributed by atoms with van der Waals surface area (Å²) in [6.45, 7) is 8.54. The molecule has 5 nitrogen and oxygen atoms in total.